The van der Waals surface area contributed by atoms with Crippen molar-refractivity contribution in [2.45, 2.75) is 13.0 Å². The van der Waals surface area contributed by atoms with Crippen LogP contribution in [0, 0.1) is 5.92 Å². The van der Waals surface area contributed by atoms with Gasteiger partial charge in [-0.25, -0.2) is 0 Å². The zero-order chi connectivity index (χ0) is 6.69. The molecule has 0 aliphatic heterocycles. The summed E-state index contributed by atoms with van der Waals surface area (Å²) < 4.78 is 5.17. The van der Waals surface area contributed by atoms with E-state index < -0.39 is 0 Å². The van der Waals surface area contributed by atoms with E-state index in [-0.39, 0.29) is 6.10 Å². The fourth-order valence-corrected chi connectivity index (χ4v) is 0.991. The number of hydrogen-bond acceptors (Lipinski definition) is 1. The monoisotopic (exact) mass is 124 g/mol. The molecule has 0 aromatic carbocycles. The van der Waals surface area contributed by atoms with Crippen LogP contribution in [0.15, 0.2) is 24.3 Å². The summed E-state index contributed by atoms with van der Waals surface area (Å²) in [6.07, 6.45) is 8.59. The van der Waals surface area contributed by atoms with Crippen LogP contribution in [0.25, 0.3) is 0 Å². The highest BCUT2D eigenvalue weighted by Gasteiger charge is 2.11. The van der Waals surface area contributed by atoms with E-state index in [1.807, 2.05) is 6.08 Å². The van der Waals surface area contributed by atoms with Crippen LogP contribution in [-0.2, 0) is 4.74 Å². The molecule has 1 aliphatic rings. The first-order valence-electron chi connectivity index (χ1n) is 3.22. The van der Waals surface area contributed by atoms with Crippen LogP contribution in [0.5, 0.6) is 0 Å². The number of rotatable bonds is 1. The molecule has 2 atom stereocenters. The van der Waals surface area contributed by atoms with Crippen LogP contribution < -0.4 is 0 Å². The minimum absolute atomic E-state index is 0.287. The van der Waals surface area contributed by atoms with Gasteiger partial charge in [-0.15, -0.1) is 0 Å². The third kappa shape index (κ3) is 1.42. The summed E-state index contributed by atoms with van der Waals surface area (Å²) in [5.74, 6) is 0.528. The lowest BCUT2D eigenvalue weighted by Gasteiger charge is -2.17. The summed E-state index contributed by atoms with van der Waals surface area (Å²) in [6.45, 7) is 2.15. The smallest absolute Gasteiger partial charge is 0.0815 e. The van der Waals surface area contributed by atoms with Crippen LogP contribution in [0.2, 0.25) is 0 Å². The zero-order valence-electron chi connectivity index (χ0n) is 5.87. The molecule has 0 N–H and O–H groups in total. The van der Waals surface area contributed by atoms with Gasteiger partial charge in [0, 0.05) is 13.0 Å². The summed E-state index contributed by atoms with van der Waals surface area (Å²) in [6, 6.07) is 0. The Morgan fingerprint density at radius 1 is 1.22 bits per heavy atom. The molecule has 1 nitrogen and oxygen atoms in total. The van der Waals surface area contributed by atoms with Crippen LogP contribution in [0.4, 0.5) is 0 Å². The molecule has 9 heavy (non-hydrogen) atoms. The highest BCUT2D eigenvalue weighted by atomic mass is 16.5. The molecule has 0 spiro atoms. The molecular formula is C8H12O. The van der Waals surface area contributed by atoms with Gasteiger partial charge in [-0.1, -0.05) is 31.2 Å². The second kappa shape index (κ2) is 2.83. The van der Waals surface area contributed by atoms with E-state index in [1.165, 1.54) is 0 Å². The summed E-state index contributed by atoms with van der Waals surface area (Å²) >= 11 is 0. The molecule has 1 rings (SSSR count). The molecular weight excluding hydrogens is 112 g/mol. The third-order valence-electron chi connectivity index (χ3n) is 1.62. The molecule has 0 radical (unpaired) electrons. The van der Waals surface area contributed by atoms with Gasteiger partial charge in [0.25, 0.3) is 0 Å². The zero-order valence-corrected chi connectivity index (χ0v) is 5.87. The second-order valence-corrected chi connectivity index (χ2v) is 2.33. The molecule has 0 saturated heterocycles. The SMILES string of the molecule is CO[C@@H]1C=CC=CC1C. The first-order valence-corrected chi connectivity index (χ1v) is 3.22. The van der Waals surface area contributed by atoms with Crippen molar-refractivity contribution in [3.8, 4) is 0 Å². The van der Waals surface area contributed by atoms with Crippen LogP contribution in [0.3, 0.4) is 0 Å². The van der Waals surface area contributed by atoms with Gasteiger partial charge in [0.05, 0.1) is 6.10 Å². The summed E-state index contributed by atoms with van der Waals surface area (Å²) in [5.41, 5.74) is 0. The Labute approximate surface area is 56.0 Å². The number of hydrogen-bond donors (Lipinski definition) is 0. The van der Waals surface area contributed by atoms with Crippen molar-refractivity contribution in [1.82, 2.24) is 0 Å². The molecule has 0 amide bonds. The Morgan fingerprint density at radius 3 is 2.33 bits per heavy atom. The molecule has 1 unspecified atom stereocenters. The van der Waals surface area contributed by atoms with E-state index in [2.05, 4.69) is 25.2 Å². The molecule has 0 aromatic rings. The third-order valence-corrected chi connectivity index (χ3v) is 1.62. The van der Waals surface area contributed by atoms with Gasteiger partial charge in [0.15, 0.2) is 0 Å². The van der Waals surface area contributed by atoms with Gasteiger partial charge in [0.2, 0.25) is 0 Å². The molecule has 50 valence electrons. The van der Waals surface area contributed by atoms with Crippen molar-refractivity contribution in [2.24, 2.45) is 5.92 Å². The van der Waals surface area contributed by atoms with Crippen molar-refractivity contribution >= 4 is 0 Å². The van der Waals surface area contributed by atoms with Crippen molar-refractivity contribution < 1.29 is 4.74 Å². The molecule has 1 aliphatic carbocycles. The van der Waals surface area contributed by atoms with E-state index in [9.17, 15) is 0 Å². The van der Waals surface area contributed by atoms with Gasteiger partial charge < -0.3 is 4.74 Å². The topological polar surface area (TPSA) is 9.23 Å². The number of ether oxygens (including phenoxy) is 1. The van der Waals surface area contributed by atoms with Gasteiger partial charge in [-0.05, 0) is 0 Å². The first-order chi connectivity index (χ1) is 4.34. The van der Waals surface area contributed by atoms with Crippen molar-refractivity contribution in [1.29, 1.82) is 0 Å². The maximum absolute atomic E-state index is 5.17. The highest BCUT2D eigenvalue weighted by molar-refractivity contribution is 5.14. The fraction of sp³-hybridized carbons (Fsp3) is 0.500. The summed E-state index contributed by atoms with van der Waals surface area (Å²) in [7, 11) is 1.74. The van der Waals surface area contributed by atoms with Crippen LogP contribution >= 0.6 is 0 Å². The second-order valence-electron chi connectivity index (χ2n) is 2.33. The summed E-state index contributed by atoms with van der Waals surface area (Å²) in [5, 5.41) is 0. The van der Waals surface area contributed by atoms with Gasteiger partial charge in [-0.2, -0.15) is 0 Å². The maximum atomic E-state index is 5.17. The average molecular weight is 124 g/mol. The predicted molar refractivity (Wildman–Crippen MR) is 38.2 cm³/mol. The number of methoxy groups -OCH3 is 1. The van der Waals surface area contributed by atoms with E-state index in [1.54, 1.807) is 7.11 Å². The fourth-order valence-electron chi connectivity index (χ4n) is 0.991. The van der Waals surface area contributed by atoms with E-state index in [4.69, 9.17) is 4.74 Å². The van der Waals surface area contributed by atoms with E-state index in [0.29, 0.717) is 5.92 Å². The highest BCUT2D eigenvalue weighted by Crippen LogP contribution is 2.13. The lowest BCUT2D eigenvalue weighted by molar-refractivity contribution is 0.112. The minimum Gasteiger partial charge on any atom is -0.377 e. The van der Waals surface area contributed by atoms with Crippen molar-refractivity contribution in [2.75, 3.05) is 7.11 Å². The lowest BCUT2D eigenvalue weighted by atomic mass is 10.0. The number of allylic oxidation sites excluding steroid dienone is 2. The van der Waals surface area contributed by atoms with E-state index in [0.717, 1.165) is 0 Å². The van der Waals surface area contributed by atoms with Gasteiger partial charge >= 0.3 is 0 Å². The molecule has 0 heterocycles. The largest absolute Gasteiger partial charge is 0.377 e. The minimum atomic E-state index is 0.287. The Morgan fingerprint density at radius 2 is 1.89 bits per heavy atom. The summed E-state index contributed by atoms with van der Waals surface area (Å²) in [4.78, 5) is 0. The van der Waals surface area contributed by atoms with Crippen molar-refractivity contribution in [3.63, 3.8) is 0 Å². The Hall–Kier alpha value is -0.560. The molecule has 0 bridgehead atoms. The van der Waals surface area contributed by atoms with Crippen molar-refractivity contribution in [3.05, 3.63) is 24.3 Å². The van der Waals surface area contributed by atoms with Gasteiger partial charge in [0.1, 0.15) is 0 Å². The van der Waals surface area contributed by atoms with Crippen LogP contribution in [-0.4, -0.2) is 13.2 Å². The predicted octanol–water partition coefficient (Wildman–Crippen LogP) is 1.76. The maximum Gasteiger partial charge on any atom is 0.0815 e. The quantitative estimate of drug-likeness (QED) is 0.517. The normalized spacial score (nSPS) is 33.1. The lowest BCUT2D eigenvalue weighted by Crippen LogP contribution is -2.17. The molecule has 1 heteroatoms. The first kappa shape index (κ1) is 6.56. The molecule has 0 aromatic heterocycles. The molecule has 0 fully saturated rings. The van der Waals surface area contributed by atoms with E-state index >= 15 is 0 Å². The average Bonchev–Trinajstić information content (AvgIpc) is 1.89. The van der Waals surface area contributed by atoms with Gasteiger partial charge in [-0.3, -0.25) is 0 Å². The molecule has 0 saturated carbocycles. The standard InChI is InChI=1S/C8H12O/c1-7-5-3-4-6-8(7)9-2/h3-8H,1-2H3/t7?,8-/m1/s1. The van der Waals surface area contributed by atoms with Crippen LogP contribution in [0.1, 0.15) is 6.92 Å². The Balaban J connectivity index is 2.55. The Kier molecular flexibility index (Phi) is 2.06. The Bertz CT molecular complexity index is 136.